The van der Waals surface area contributed by atoms with E-state index in [1.54, 1.807) is 18.2 Å². The molecule has 1 amide bonds. The second kappa shape index (κ2) is 9.23. The third-order valence-electron chi connectivity index (χ3n) is 5.01. The van der Waals surface area contributed by atoms with Crippen molar-refractivity contribution < 1.29 is 32.2 Å². The van der Waals surface area contributed by atoms with Gasteiger partial charge in [0, 0.05) is 23.9 Å². The van der Waals surface area contributed by atoms with Crippen molar-refractivity contribution in [1.29, 1.82) is 0 Å². The van der Waals surface area contributed by atoms with Gasteiger partial charge in [0.1, 0.15) is 6.10 Å². The molecule has 1 fully saturated rings. The lowest BCUT2D eigenvalue weighted by Crippen LogP contribution is -2.39. The molecule has 0 atom stereocenters. The number of benzene rings is 1. The van der Waals surface area contributed by atoms with Gasteiger partial charge in [0.15, 0.2) is 11.5 Å². The summed E-state index contributed by atoms with van der Waals surface area (Å²) in [4.78, 5) is 16.3. The number of hydrogen-bond acceptors (Lipinski definition) is 5. The number of ether oxygens (including phenoxy) is 3. The molecule has 1 aliphatic carbocycles. The molecule has 1 aromatic carbocycles. The first kappa shape index (κ1) is 21.7. The molecule has 1 saturated carbocycles. The first-order valence-corrected chi connectivity index (χ1v) is 9.53. The Morgan fingerprint density at radius 2 is 1.73 bits per heavy atom. The van der Waals surface area contributed by atoms with Crippen molar-refractivity contribution in [2.24, 2.45) is 0 Å². The molecule has 0 spiro atoms. The van der Waals surface area contributed by atoms with Gasteiger partial charge >= 0.3 is 6.18 Å². The van der Waals surface area contributed by atoms with Gasteiger partial charge in [-0.15, -0.1) is 0 Å². The molecule has 9 heteroatoms. The van der Waals surface area contributed by atoms with Crippen LogP contribution in [0.5, 0.6) is 17.4 Å². The van der Waals surface area contributed by atoms with Gasteiger partial charge in [-0.05, 0) is 49.9 Å². The lowest BCUT2D eigenvalue weighted by Gasteiger charge is -2.29. The van der Waals surface area contributed by atoms with E-state index in [1.165, 1.54) is 20.3 Å². The highest BCUT2D eigenvalue weighted by Gasteiger charge is 2.31. The molecule has 0 radical (unpaired) electrons. The minimum atomic E-state index is -4.42. The SMILES string of the molecule is COc1ccc(C(=O)NC2CCC(Oc3ccc(C(F)(F)F)cn3)CC2)cc1OC. The smallest absolute Gasteiger partial charge is 0.417 e. The zero-order chi connectivity index (χ0) is 21.7. The van der Waals surface area contributed by atoms with Gasteiger partial charge in [0.25, 0.3) is 5.91 Å². The molecule has 162 valence electrons. The fourth-order valence-electron chi connectivity index (χ4n) is 3.36. The van der Waals surface area contributed by atoms with Crippen molar-refractivity contribution in [2.75, 3.05) is 14.2 Å². The fraction of sp³-hybridized carbons (Fsp3) is 0.429. The van der Waals surface area contributed by atoms with Gasteiger partial charge in [-0.25, -0.2) is 4.98 Å². The van der Waals surface area contributed by atoms with E-state index in [9.17, 15) is 18.0 Å². The summed E-state index contributed by atoms with van der Waals surface area (Å²) in [5.41, 5.74) is -0.337. The van der Waals surface area contributed by atoms with E-state index in [2.05, 4.69) is 10.3 Å². The molecular weight excluding hydrogens is 401 g/mol. The summed E-state index contributed by atoms with van der Waals surface area (Å²) >= 11 is 0. The van der Waals surface area contributed by atoms with E-state index < -0.39 is 11.7 Å². The maximum Gasteiger partial charge on any atom is 0.417 e. The summed E-state index contributed by atoms with van der Waals surface area (Å²) in [7, 11) is 3.03. The van der Waals surface area contributed by atoms with Crippen LogP contribution in [-0.4, -0.2) is 37.3 Å². The predicted octanol–water partition coefficient (Wildman–Crippen LogP) is 4.24. The third-order valence-corrected chi connectivity index (χ3v) is 5.01. The number of aromatic nitrogens is 1. The minimum Gasteiger partial charge on any atom is -0.493 e. The summed E-state index contributed by atoms with van der Waals surface area (Å²) in [5, 5.41) is 3.00. The molecule has 3 rings (SSSR count). The van der Waals surface area contributed by atoms with Crippen molar-refractivity contribution in [3.8, 4) is 17.4 Å². The average molecular weight is 424 g/mol. The van der Waals surface area contributed by atoms with Gasteiger partial charge in [0.05, 0.1) is 19.8 Å². The number of pyridine rings is 1. The summed E-state index contributed by atoms with van der Waals surface area (Å²) in [5.74, 6) is 0.987. The van der Waals surface area contributed by atoms with Crippen LogP contribution in [-0.2, 0) is 6.18 Å². The van der Waals surface area contributed by atoms with Crippen LogP contribution in [0.2, 0.25) is 0 Å². The highest BCUT2D eigenvalue weighted by Crippen LogP contribution is 2.30. The van der Waals surface area contributed by atoms with Crippen molar-refractivity contribution in [3.63, 3.8) is 0 Å². The quantitative estimate of drug-likeness (QED) is 0.751. The van der Waals surface area contributed by atoms with E-state index in [0.717, 1.165) is 12.3 Å². The van der Waals surface area contributed by atoms with Crippen LogP contribution in [0.15, 0.2) is 36.5 Å². The largest absolute Gasteiger partial charge is 0.493 e. The maximum atomic E-state index is 12.6. The molecule has 0 aliphatic heterocycles. The molecule has 0 saturated heterocycles. The van der Waals surface area contributed by atoms with E-state index in [-0.39, 0.29) is 23.9 Å². The first-order valence-electron chi connectivity index (χ1n) is 9.53. The van der Waals surface area contributed by atoms with Crippen LogP contribution in [0.25, 0.3) is 0 Å². The molecule has 1 aromatic heterocycles. The molecule has 30 heavy (non-hydrogen) atoms. The number of alkyl halides is 3. The number of carbonyl (C=O) groups is 1. The highest BCUT2D eigenvalue weighted by molar-refractivity contribution is 5.95. The topological polar surface area (TPSA) is 69.7 Å². The number of methoxy groups -OCH3 is 2. The van der Waals surface area contributed by atoms with Gasteiger partial charge in [0.2, 0.25) is 5.88 Å². The molecule has 1 heterocycles. The predicted molar refractivity (Wildman–Crippen MR) is 103 cm³/mol. The second-order valence-electron chi connectivity index (χ2n) is 7.02. The second-order valence-corrected chi connectivity index (χ2v) is 7.02. The maximum absolute atomic E-state index is 12.6. The number of carbonyl (C=O) groups excluding carboxylic acids is 1. The number of nitrogens with zero attached hydrogens (tertiary/aromatic N) is 1. The van der Waals surface area contributed by atoms with Crippen LogP contribution in [0.4, 0.5) is 13.2 Å². The summed E-state index contributed by atoms with van der Waals surface area (Å²) < 4.78 is 53.9. The zero-order valence-electron chi connectivity index (χ0n) is 16.7. The minimum absolute atomic E-state index is 0.00832. The lowest BCUT2D eigenvalue weighted by atomic mass is 9.92. The summed E-state index contributed by atoms with van der Waals surface area (Å²) in [6.07, 6.45) is -1.07. The number of amides is 1. The van der Waals surface area contributed by atoms with Gasteiger partial charge in [-0.1, -0.05) is 0 Å². The number of rotatable bonds is 6. The van der Waals surface area contributed by atoms with E-state index in [4.69, 9.17) is 14.2 Å². The Morgan fingerprint density at radius 3 is 2.30 bits per heavy atom. The van der Waals surface area contributed by atoms with Gasteiger partial charge in [-0.2, -0.15) is 13.2 Å². The van der Waals surface area contributed by atoms with Crippen LogP contribution in [0, 0.1) is 0 Å². The Kier molecular flexibility index (Phi) is 6.69. The molecular formula is C21H23F3N2O4. The zero-order valence-corrected chi connectivity index (χ0v) is 16.7. The Hall–Kier alpha value is -2.97. The monoisotopic (exact) mass is 424 g/mol. The fourth-order valence-corrected chi connectivity index (χ4v) is 3.36. The van der Waals surface area contributed by atoms with Gasteiger partial charge < -0.3 is 19.5 Å². The van der Waals surface area contributed by atoms with Crippen molar-refractivity contribution in [2.45, 2.75) is 44.0 Å². The normalized spacial score (nSPS) is 19.1. The van der Waals surface area contributed by atoms with E-state index in [1.807, 2.05) is 0 Å². The Labute approximate surface area is 172 Å². The Bertz CT molecular complexity index is 864. The highest BCUT2D eigenvalue weighted by atomic mass is 19.4. The lowest BCUT2D eigenvalue weighted by molar-refractivity contribution is -0.137. The average Bonchev–Trinajstić information content (AvgIpc) is 2.74. The van der Waals surface area contributed by atoms with Crippen molar-refractivity contribution >= 4 is 5.91 Å². The summed E-state index contributed by atoms with van der Waals surface area (Å²) in [6.45, 7) is 0. The summed E-state index contributed by atoms with van der Waals surface area (Å²) in [6, 6.07) is 7.15. The first-order chi connectivity index (χ1) is 14.3. The van der Waals surface area contributed by atoms with Crippen LogP contribution in [0.3, 0.4) is 0 Å². The standard InChI is InChI=1S/C21H23F3N2O4/c1-28-17-9-3-13(11-18(17)29-2)20(27)26-15-5-7-16(8-6-15)30-19-10-4-14(12-25-19)21(22,23)24/h3-4,9-12,15-16H,5-8H2,1-2H3,(H,26,27). The third kappa shape index (κ3) is 5.34. The molecule has 1 aliphatic rings. The number of halogens is 3. The van der Waals surface area contributed by atoms with Crippen molar-refractivity contribution in [3.05, 3.63) is 47.7 Å². The van der Waals surface area contributed by atoms with Crippen molar-refractivity contribution in [1.82, 2.24) is 10.3 Å². The van der Waals surface area contributed by atoms with Crippen LogP contribution >= 0.6 is 0 Å². The number of hydrogen-bond donors (Lipinski definition) is 1. The Morgan fingerprint density at radius 1 is 1.03 bits per heavy atom. The van der Waals surface area contributed by atoms with Crippen LogP contribution in [0.1, 0.15) is 41.6 Å². The van der Waals surface area contributed by atoms with Crippen LogP contribution < -0.4 is 19.5 Å². The van der Waals surface area contributed by atoms with Gasteiger partial charge in [-0.3, -0.25) is 4.79 Å². The number of nitrogens with one attached hydrogen (secondary N) is 1. The molecule has 2 aromatic rings. The van der Waals surface area contributed by atoms with E-state index in [0.29, 0.717) is 42.7 Å². The molecule has 0 unspecified atom stereocenters. The molecule has 6 nitrogen and oxygen atoms in total. The molecule has 0 bridgehead atoms. The Balaban J connectivity index is 1.50. The molecule has 1 N–H and O–H groups in total. The van der Waals surface area contributed by atoms with E-state index >= 15 is 0 Å².